The summed E-state index contributed by atoms with van der Waals surface area (Å²) in [6.07, 6.45) is 1.30. The molecule has 0 radical (unpaired) electrons. The molecule has 2 aromatic carbocycles. The maximum absolute atomic E-state index is 14.0. The highest BCUT2D eigenvalue weighted by atomic mass is 35.5. The van der Waals surface area contributed by atoms with Crippen LogP contribution in [0.15, 0.2) is 58.7 Å². The van der Waals surface area contributed by atoms with E-state index in [9.17, 15) is 27.7 Å². The van der Waals surface area contributed by atoms with Crippen LogP contribution in [-0.2, 0) is 26.0 Å². The van der Waals surface area contributed by atoms with Gasteiger partial charge in [-0.15, -0.1) is 4.91 Å². The van der Waals surface area contributed by atoms with E-state index < -0.39 is 45.9 Å². The van der Waals surface area contributed by atoms with Gasteiger partial charge >= 0.3 is 6.03 Å². The molecule has 2 aromatic rings. The topological polar surface area (TPSA) is 185 Å². The standard InChI is InChI=1S/C27H35ClN6O6S/c1-17(2)15-22(31-41(39,40)20-7-4-3-5-8-20)26(36)33-14-6-9-23(33)25(35)24(34(32-38)27(30)37)19-11-10-18(12-13-29)21(28)16-19/h3-5,7-8,10-11,16-17,22-24,31H,6,9,12-15,29H2,1-2H3,(H2,30,37)/t22-,23+,24?/m1/s1. The van der Waals surface area contributed by atoms with Crippen molar-refractivity contribution >= 4 is 39.3 Å². The summed E-state index contributed by atoms with van der Waals surface area (Å²) in [5.74, 6) is -1.33. The lowest BCUT2D eigenvalue weighted by Gasteiger charge is -2.32. The van der Waals surface area contributed by atoms with Gasteiger partial charge in [-0.1, -0.05) is 55.8 Å². The Morgan fingerprint density at radius 1 is 1.17 bits per heavy atom. The average molecular weight is 607 g/mol. The van der Waals surface area contributed by atoms with Crippen LogP contribution in [0.4, 0.5) is 4.79 Å². The predicted octanol–water partition coefficient (Wildman–Crippen LogP) is 2.90. The number of Topliss-reactive ketones (excluding diaryl/α,β-unsaturated/α-hetero) is 1. The molecule has 12 nitrogen and oxygen atoms in total. The summed E-state index contributed by atoms with van der Waals surface area (Å²) in [4.78, 5) is 53.0. The van der Waals surface area contributed by atoms with Gasteiger partial charge in [-0.25, -0.2) is 13.2 Å². The van der Waals surface area contributed by atoms with Crippen molar-refractivity contribution < 1.29 is 22.8 Å². The van der Waals surface area contributed by atoms with Crippen LogP contribution in [0.25, 0.3) is 0 Å². The Hall–Kier alpha value is -3.39. The van der Waals surface area contributed by atoms with Gasteiger partial charge in [0.15, 0.2) is 5.78 Å². The first-order valence-corrected chi connectivity index (χ1v) is 15.1. The predicted molar refractivity (Wildman–Crippen MR) is 154 cm³/mol. The number of nitroso groups, excluding NO2 is 1. The van der Waals surface area contributed by atoms with Gasteiger partial charge in [0.05, 0.1) is 16.2 Å². The minimum absolute atomic E-state index is 0.000197. The Morgan fingerprint density at radius 2 is 1.85 bits per heavy atom. The molecule has 3 amide bonds. The Balaban J connectivity index is 1.97. The van der Waals surface area contributed by atoms with Crippen molar-refractivity contribution in [2.45, 2.75) is 62.6 Å². The number of nitrogens with one attached hydrogen (secondary N) is 1. The second-order valence-corrected chi connectivity index (χ2v) is 12.4. The highest BCUT2D eigenvalue weighted by Gasteiger charge is 2.44. The van der Waals surface area contributed by atoms with E-state index >= 15 is 0 Å². The second-order valence-electron chi connectivity index (χ2n) is 10.3. The third-order valence-corrected chi connectivity index (χ3v) is 8.69. The number of ketones is 1. The average Bonchev–Trinajstić information content (AvgIpc) is 3.42. The molecule has 0 saturated carbocycles. The number of amides is 3. The monoisotopic (exact) mass is 606 g/mol. The summed E-state index contributed by atoms with van der Waals surface area (Å²) in [7, 11) is -4.05. The maximum Gasteiger partial charge on any atom is 0.338 e. The second kappa shape index (κ2) is 14.0. The first-order chi connectivity index (χ1) is 19.4. The van der Waals surface area contributed by atoms with E-state index in [4.69, 9.17) is 23.1 Å². The lowest BCUT2D eigenvalue weighted by atomic mass is 9.94. The fourth-order valence-corrected chi connectivity index (χ4v) is 6.47. The zero-order valence-corrected chi connectivity index (χ0v) is 24.5. The zero-order valence-electron chi connectivity index (χ0n) is 22.9. The van der Waals surface area contributed by atoms with Crippen molar-refractivity contribution in [1.29, 1.82) is 0 Å². The number of primary amides is 1. The number of rotatable bonds is 13. The highest BCUT2D eigenvalue weighted by molar-refractivity contribution is 7.89. The molecule has 1 fully saturated rings. The lowest BCUT2D eigenvalue weighted by Crippen LogP contribution is -2.53. The van der Waals surface area contributed by atoms with Gasteiger partial charge in [-0.2, -0.15) is 9.73 Å². The molecule has 0 aliphatic carbocycles. The van der Waals surface area contributed by atoms with Crippen LogP contribution in [0, 0.1) is 10.8 Å². The molecule has 0 spiro atoms. The summed E-state index contributed by atoms with van der Waals surface area (Å²) in [6, 6.07) is 7.20. The fraction of sp³-hybridized carbons (Fsp3) is 0.444. The summed E-state index contributed by atoms with van der Waals surface area (Å²) in [5, 5.41) is 3.29. The first kappa shape index (κ1) is 32.1. The molecule has 222 valence electrons. The number of benzene rings is 2. The van der Waals surface area contributed by atoms with Crippen molar-refractivity contribution in [2.75, 3.05) is 13.1 Å². The van der Waals surface area contributed by atoms with Gasteiger partial charge < -0.3 is 16.4 Å². The largest absolute Gasteiger partial charge is 0.350 e. The van der Waals surface area contributed by atoms with Crippen LogP contribution in [0.3, 0.4) is 0 Å². The zero-order chi connectivity index (χ0) is 30.3. The van der Waals surface area contributed by atoms with Crippen molar-refractivity contribution in [2.24, 2.45) is 22.7 Å². The van der Waals surface area contributed by atoms with Gasteiger partial charge in [-0.3, -0.25) is 9.59 Å². The SMILES string of the molecule is CC(C)C[C@@H](NS(=O)(=O)c1ccccc1)C(=O)N1CCC[C@H]1C(=O)C(c1ccc(CCN)c(Cl)c1)N(N=O)C(N)=O. The van der Waals surface area contributed by atoms with Gasteiger partial charge in [0.1, 0.15) is 12.1 Å². The van der Waals surface area contributed by atoms with Crippen LogP contribution < -0.4 is 16.2 Å². The molecule has 1 aliphatic heterocycles. The Labute approximate surface area is 244 Å². The van der Waals surface area contributed by atoms with Crippen LogP contribution >= 0.6 is 11.6 Å². The molecular weight excluding hydrogens is 572 g/mol. The third kappa shape index (κ3) is 7.67. The van der Waals surface area contributed by atoms with Crippen molar-refractivity contribution in [1.82, 2.24) is 14.6 Å². The summed E-state index contributed by atoms with van der Waals surface area (Å²) >= 11 is 6.39. The number of hydrogen-bond donors (Lipinski definition) is 3. The fourth-order valence-electron chi connectivity index (χ4n) is 4.97. The van der Waals surface area contributed by atoms with Crippen molar-refractivity contribution in [3.05, 3.63) is 69.6 Å². The minimum atomic E-state index is -4.05. The Morgan fingerprint density at radius 3 is 2.41 bits per heavy atom. The molecule has 41 heavy (non-hydrogen) atoms. The van der Waals surface area contributed by atoms with Gasteiger partial charge in [0.25, 0.3) is 0 Å². The number of carbonyl (C=O) groups excluding carboxylic acids is 3. The van der Waals surface area contributed by atoms with Gasteiger partial charge in [0, 0.05) is 11.6 Å². The smallest absolute Gasteiger partial charge is 0.338 e. The summed E-state index contributed by atoms with van der Waals surface area (Å²) < 4.78 is 28.7. The van der Waals surface area contributed by atoms with Crippen molar-refractivity contribution in [3.8, 4) is 0 Å². The molecular formula is C27H35ClN6O6S. The molecule has 1 heterocycles. The van der Waals surface area contributed by atoms with E-state index in [0.717, 1.165) is 0 Å². The Bertz CT molecular complexity index is 1370. The van der Waals surface area contributed by atoms with E-state index in [2.05, 4.69) is 10.0 Å². The van der Waals surface area contributed by atoms with E-state index in [1.165, 1.54) is 29.2 Å². The maximum atomic E-state index is 14.0. The van der Waals surface area contributed by atoms with Crippen molar-refractivity contribution in [3.63, 3.8) is 0 Å². The Kier molecular flexibility index (Phi) is 11.0. The number of carbonyl (C=O) groups is 3. The molecule has 1 unspecified atom stereocenters. The molecule has 1 saturated heterocycles. The molecule has 0 aromatic heterocycles. The number of urea groups is 1. The van der Waals surface area contributed by atoms with Crippen LogP contribution in [-0.4, -0.2) is 61.2 Å². The van der Waals surface area contributed by atoms with E-state index in [-0.39, 0.29) is 40.8 Å². The highest BCUT2D eigenvalue weighted by Crippen LogP contribution is 2.32. The normalized spacial score (nSPS) is 16.8. The van der Waals surface area contributed by atoms with Crippen LogP contribution in [0.1, 0.15) is 50.3 Å². The van der Waals surface area contributed by atoms with E-state index in [1.807, 2.05) is 13.8 Å². The number of nitrogens with zero attached hydrogens (tertiary/aromatic N) is 3. The number of likely N-dealkylation sites (tertiary alicyclic amines) is 1. The lowest BCUT2D eigenvalue weighted by molar-refractivity contribution is -0.140. The number of nitrogens with two attached hydrogens (primary N) is 2. The van der Waals surface area contributed by atoms with E-state index in [1.54, 1.807) is 24.3 Å². The van der Waals surface area contributed by atoms with Gasteiger partial charge in [-0.05, 0) is 67.5 Å². The van der Waals surface area contributed by atoms with Crippen LogP contribution in [0.5, 0.6) is 0 Å². The molecule has 3 rings (SSSR count). The third-order valence-electron chi connectivity index (χ3n) is 6.85. The molecule has 1 aliphatic rings. The molecule has 0 bridgehead atoms. The molecule has 5 N–H and O–H groups in total. The number of hydrogen-bond acceptors (Lipinski definition) is 8. The molecule has 14 heteroatoms. The van der Waals surface area contributed by atoms with Crippen LogP contribution in [0.2, 0.25) is 5.02 Å². The molecule has 3 atom stereocenters. The minimum Gasteiger partial charge on any atom is -0.350 e. The number of sulfonamides is 1. The summed E-state index contributed by atoms with van der Waals surface area (Å²) in [6.45, 7) is 4.19. The summed E-state index contributed by atoms with van der Waals surface area (Å²) in [5.41, 5.74) is 11.9. The van der Waals surface area contributed by atoms with E-state index in [0.29, 0.717) is 30.0 Å². The quantitative estimate of drug-likeness (QED) is 0.231. The van der Waals surface area contributed by atoms with Gasteiger partial charge in [0.2, 0.25) is 15.9 Å². The first-order valence-electron chi connectivity index (χ1n) is 13.2. The number of halogens is 1.